The molecular formula is C100H139Cl8N33O5. The summed E-state index contributed by atoms with van der Waals surface area (Å²) < 4.78 is 17.6. The van der Waals surface area contributed by atoms with Crippen LogP contribution >= 0.6 is 46.4 Å². The van der Waals surface area contributed by atoms with Gasteiger partial charge in [-0.2, -0.15) is 0 Å². The van der Waals surface area contributed by atoms with Gasteiger partial charge in [-0.15, -0.1) is 0 Å². The highest BCUT2D eigenvalue weighted by Crippen LogP contribution is 2.32. The summed E-state index contributed by atoms with van der Waals surface area (Å²) in [6.45, 7) is 51.1. The minimum Gasteiger partial charge on any atom is -1.00 e. The van der Waals surface area contributed by atoms with Crippen LogP contribution in [0.4, 0.5) is 23.3 Å². The number of rotatable bonds is 39. The lowest BCUT2D eigenvalue weighted by atomic mass is 10.0. The number of hydrogen-bond acceptors (Lipinski definition) is 25. The SMILES string of the molecule is C=C(NCCCN)c1ccc2c(c1)n(CC)c(CNC(=O)c1nc(Cl)cnc1N)[n+]2CC.C=C(c1ccc2c(c1)n(CC)c(CNC(=O)c1nc(Cl)cnc1N)[n+]2CC)N(CCC)CCN.C=C(c1ccc2c(c1)n(CC)c(CNC(=O)c1nc(Cl)cnc1N)[n+]2CC)N1CCC(N(C)C)CC1.C=C(c1ccc2c(c1)n(CC)c(CNC(=O)c1nc(Cl)cnc1N)[n+]2CC)N1CCC(NC(=O)CN(C)C)CC1.[Cl-].[Cl-].[Cl-].[Cl-]. The highest BCUT2D eigenvalue weighted by atomic mass is 35.5. The molecule has 2 aliphatic heterocycles. The molecule has 12 aromatic rings. The van der Waals surface area contributed by atoms with Crippen molar-refractivity contribution in [2.45, 2.75) is 191 Å². The number of likely N-dealkylation sites (N-methyl/N-ethyl adjacent to an activating group) is 1. The van der Waals surface area contributed by atoms with Crippen LogP contribution in [0.25, 0.3) is 66.9 Å². The Morgan fingerprint density at radius 3 is 1.03 bits per heavy atom. The number of carbonyl (C=O) groups excluding carboxylic acids is 5. The van der Waals surface area contributed by atoms with Crippen LogP contribution in [0, 0.1) is 0 Å². The largest absolute Gasteiger partial charge is 1.00 e. The van der Waals surface area contributed by atoms with Crippen LogP contribution in [0.5, 0.6) is 0 Å². The molecule has 2 fully saturated rings. The first-order chi connectivity index (χ1) is 68.1. The van der Waals surface area contributed by atoms with Gasteiger partial charge >= 0.3 is 0 Å². The second kappa shape index (κ2) is 56.8. The first-order valence-corrected chi connectivity index (χ1v) is 49.9. The van der Waals surface area contributed by atoms with Crippen LogP contribution in [-0.4, -0.2) is 218 Å². The van der Waals surface area contributed by atoms with Gasteiger partial charge in [0.2, 0.25) is 5.91 Å². The summed E-state index contributed by atoms with van der Waals surface area (Å²) in [5.74, 6) is 2.42. The number of carbonyl (C=O) groups is 5. The highest BCUT2D eigenvalue weighted by molar-refractivity contribution is 6.30. The number of amides is 5. The van der Waals surface area contributed by atoms with E-state index in [-0.39, 0.29) is 135 Å². The molecule has 5 amide bonds. The van der Waals surface area contributed by atoms with Crippen molar-refractivity contribution in [3.8, 4) is 0 Å². The van der Waals surface area contributed by atoms with Crippen molar-refractivity contribution in [1.82, 2.24) is 115 Å². The summed E-state index contributed by atoms with van der Waals surface area (Å²) in [4.78, 5) is 106. The number of anilines is 4. The van der Waals surface area contributed by atoms with Gasteiger partial charge in [0.25, 0.3) is 46.9 Å². The Labute approximate surface area is 898 Å². The predicted molar refractivity (Wildman–Crippen MR) is 563 cm³/mol. The summed E-state index contributed by atoms with van der Waals surface area (Å²) in [5.41, 5.74) is 51.6. The molecule has 4 aromatic carbocycles. The molecule has 0 spiro atoms. The van der Waals surface area contributed by atoms with E-state index in [1.54, 1.807) is 0 Å². The number of halogens is 8. The molecule has 0 saturated carbocycles. The van der Waals surface area contributed by atoms with E-state index in [2.05, 4.69) is 303 Å². The van der Waals surface area contributed by atoms with E-state index in [0.717, 1.165) is 249 Å². The summed E-state index contributed by atoms with van der Waals surface area (Å²) in [6.07, 6.45) is 11.2. The smallest absolute Gasteiger partial charge is 0.277 e. The minimum atomic E-state index is -0.432. The molecule has 38 nitrogen and oxygen atoms in total. The molecule has 2 saturated heterocycles. The number of fused-ring (bicyclic) bond motifs is 4. The zero-order valence-corrected chi connectivity index (χ0v) is 91.5. The number of hydrogen-bond donors (Lipinski definition) is 12. The fourth-order valence-electron chi connectivity index (χ4n) is 18.3. The van der Waals surface area contributed by atoms with Crippen molar-refractivity contribution in [1.29, 1.82) is 0 Å². The monoisotopic (exact) mass is 2160 g/mol. The molecule has 8 aromatic heterocycles. The Kier molecular flexibility index (Phi) is 47.0. The van der Waals surface area contributed by atoms with E-state index >= 15 is 0 Å². The van der Waals surface area contributed by atoms with Crippen molar-refractivity contribution in [3.05, 3.63) is 213 Å². The number of piperidine rings is 2. The molecule has 0 atom stereocenters. The number of nitrogens with two attached hydrogens (primary N) is 6. The van der Waals surface area contributed by atoms with Gasteiger partial charge < -0.3 is 140 Å². The van der Waals surface area contributed by atoms with E-state index in [9.17, 15) is 24.0 Å². The van der Waals surface area contributed by atoms with Crippen molar-refractivity contribution >= 4 is 166 Å². The number of likely N-dealkylation sites (tertiary alicyclic amines) is 2. The van der Waals surface area contributed by atoms with E-state index in [0.29, 0.717) is 45.3 Å². The van der Waals surface area contributed by atoms with Crippen molar-refractivity contribution < 1.29 is 91.9 Å². The van der Waals surface area contributed by atoms with Crippen LogP contribution in [0.1, 0.15) is 188 Å². The number of nitrogens with one attached hydrogen (secondary N) is 6. The molecule has 146 heavy (non-hydrogen) atoms. The summed E-state index contributed by atoms with van der Waals surface area (Å²) in [6, 6.07) is 26.4. The van der Waals surface area contributed by atoms with Gasteiger partial charge in [-0.05, 0) is 201 Å². The maximum atomic E-state index is 12.8. The first kappa shape index (κ1) is 121. The van der Waals surface area contributed by atoms with Crippen LogP contribution in [0.3, 0.4) is 0 Å². The Morgan fingerprint density at radius 1 is 0.425 bits per heavy atom. The fraction of sp³-hybridized carbons (Fsp3) is 0.430. The van der Waals surface area contributed by atoms with Gasteiger partial charge in [-0.25, -0.2) is 76.4 Å². The average molecular weight is 2170 g/mol. The summed E-state index contributed by atoms with van der Waals surface area (Å²) in [5, 5.41) is 18.6. The molecule has 0 unspecified atom stereocenters. The average Bonchev–Trinajstić information content (AvgIpc) is 1.63. The van der Waals surface area contributed by atoms with Gasteiger partial charge in [0.15, 0.2) is 90.2 Å². The second-order valence-electron chi connectivity index (χ2n) is 34.8. The quantitative estimate of drug-likeness (QED) is 0.0139. The van der Waals surface area contributed by atoms with Crippen LogP contribution in [0.15, 0.2) is 124 Å². The zero-order valence-electron chi connectivity index (χ0n) is 85.4. The predicted octanol–water partition coefficient (Wildman–Crippen LogP) is -2.63. The lowest BCUT2D eigenvalue weighted by molar-refractivity contribution is -0.676. The number of aryl methyl sites for hydroxylation is 8. The van der Waals surface area contributed by atoms with Crippen LogP contribution < -0.4 is 134 Å². The highest BCUT2D eigenvalue weighted by Gasteiger charge is 2.34. The number of benzene rings is 4. The molecule has 0 radical (unpaired) electrons. The van der Waals surface area contributed by atoms with E-state index in [1.807, 2.05) is 19.0 Å². The molecule has 14 rings (SSSR count). The molecule has 18 N–H and O–H groups in total. The number of nitrogens with zero attached hydrogens (tertiary/aromatic N) is 21. The van der Waals surface area contributed by atoms with E-state index in [1.165, 1.54) is 24.8 Å². The Bertz CT molecular complexity index is 6580. The zero-order chi connectivity index (χ0) is 103. The lowest BCUT2D eigenvalue weighted by Gasteiger charge is -2.37. The molecular weight excluding hydrogens is 2030 g/mol. The molecule has 46 heteroatoms. The third-order valence-electron chi connectivity index (χ3n) is 25.4. The molecule has 10 heterocycles. The van der Waals surface area contributed by atoms with Crippen molar-refractivity contribution in [3.63, 3.8) is 0 Å². The van der Waals surface area contributed by atoms with Crippen LogP contribution in [-0.2, 0) is 83.3 Å². The Balaban J connectivity index is 0.000000262. The van der Waals surface area contributed by atoms with Crippen molar-refractivity contribution in [2.24, 2.45) is 11.5 Å². The topological polar surface area (TPSA) is 468 Å². The Hall–Kier alpha value is -12.1. The standard InChI is InChI=1S/C28H38ClN9O2.C26H35ClN8O.C24H33ClN8O.C22H29ClN8O.4ClH/c1-6-37-21-9-8-19(18(3)36-12-10-20(11-13-36)33-24(39)17-35(4)5)14-22(21)38(7-2)25(37)16-32-28(40)26-27(30)31-15-23(29)34-26;1-6-34-20-9-8-18(17(3)33-12-10-19(11-13-33)32(4)5)14-21(20)35(7-2)23(34)16-30-26(36)24-25(28)29-15-22(27)31-24;1-5-11-31(12-10-26)16(4)17-8-9-18-19(13-17)33(7-3)21(32(18)6-2)15-29-24(34)22-23(27)28-14-20(25)30-22;1-4-30-16-8-7-15(14(3)26-10-6-9-24)11-17(16)31(5-2)19(30)13-28-22(32)20-21(25)27-12-18(23)29-20;;;;/h8-9,14-15,20H,3,6-7,10-13,16-17H2,1-2,4-5H3,(H3-,30,31,32,33,39,40);8-9,14-15,19H,3,6-7,10-13,16H2,1-2,4-5H3,(H2-,28,29,30,36);8-9,13-14H,4-7,10-12,15,26H2,1-3H3,(H2-,27,28,29,34);7-8,11-12,26H,3-6,9-10,13,24H2,1-2H3,(H2-,25,27,28,32);4*1H. The maximum Gasteiger partial charge on any atom is 0.277 e. The maximum absolute atomic E-state index is 12.8. The van der Waals surface area contributed by atoms with Crippen LogP contribution in [0.2, 0.25) is 20.6 Å². The lowest BCUT2D eigenvalue weighted by Crippen LogP contribution is -3.00. The molecule has 0 aliphatic carbocycles. The van der Waals surface area contributed by atoms with Gasteiger partial charge in [-0.3, -0.25) is 24.0 Å². The van der Waals surface area contributed by atoms with Crippen molar-refractivity contribution in [2.75, 3.05) is 117 Å². The van der Waals surface area contributed by atoms with Gasteiger partial charge in [0.05, 0.1) is 83.7 Å². The second-order valence-corrected chi connectivity index (χ2v) is 36.3. The van der Waals surface area contributed by atoms with E-state index in [4.69, 9.17) is 80.8 Å². The third kappa shape index (κ3) is 29.1. The fourth-order valence-corrected chi connectivity index (χ4v) is 18.9. The van der Waals surface area contributed by atoms with Gasteiger partial charge in [-0.1, -0.05) is 79.6 Å². The normalized spacial score (nSPS) is 12.4. The first-order valence-electron chi connectivity index (χ1n) is 48.3. The van der Waals surface area contributed by atoms with E-state index < -0.39 is 23.6 Å². The molecule has 790 valence electrons. The number of imidazole rings is 4. The molecule has 2 aliphatic rings. The summed E-state index contributed by atoms with van der Waals surface area (Å²) >= 11 is 23.6. The molecule has 0 bridgehead atoms. The number of nitrogen functional groups attached to an aromatic ring is 4. The van der Waals surface area contributed by atoms with Gasteiger partial charge in [0.1, 0.15) is 46.8 Å². The summed E-state index contributed by atoms with van der Waals surface area (Å²) in [7, 11) is 8.10. The van der Waals surface area contributed by atoms with Gasteiger partial charge in [0, 0.05) is 109 Å². The Morgan fingerprint density at radius 2 is 0.733 bits per heavy atom. The third-order valence-corrected chi connectivity index (χ3v) is 26.2. The number of aromatic nitrogens is 16. The minimum absolute atomic E-state index is 0.